The molecule has 3 N–H and O–H groups in total. The predicted octanol–water partition coefficient (Wildman–Crippen LogP) is 1.53. The largest absolute Gasteiger partial charge is 0.507 e. The van der Waals surface area contributed by atoms with E-state index >= 15 is 0 Å². The van der Waals surface area contributed by atoms with Crippen molar-refractivity contribution < 1.29 is 9.90 Å². The van der Waals surface area contributed by atoms with Crippen LogP contribution in [0.5, 0.6) is 5.75 Å². The molecule has 22 heavy (non-hydrogen) atoms. The van der Waals surface area contributed by atoms with E-state index in [2.05, 4.69) is 10.2 Å². The van der Waals surface area contributed by atoms with Gasteiger partial charge in [-0.05, 0) is 43.2 Å². The molecule has 0 radical (unpaired) electrons. The maximum atomic E-state index is 11.8. The quantitative estimate of drug-likeness (QED) is 0.877. The third kappa shape index (κ3) is 2.53. The van der Waals surface area contributed by atoms with Crippen molar-refractivity contribution in [3.63, 3.8) is 0 Å². The standard InChI is InChI=1S/C16H18N4O2/c1-9-5-10(2)16(13(21)6-9)12-3-4-14(19-18-12)20-8-11(17)7-15(20)22/h3-6,11,21H,7-8,17H2,1-2H3/t11-/m0/s1. The van der Waals surface area contributed by atoms with Crippen LogP contribution in [0, 0.1) is 13.8 Å². The summed E-state index contributed by atoms with van der Waals surface area (Å²) in [7, 11) is 0. The number of aromatic nitrogens is 2. The minimum absolute atomic E-state index is 0.0380. The zero-order valence-corrected chi connectivity index (χ0v) is 12.6. The molecule has 3 rings (SSSR count). The number of rotatable bonds is 2. The van der Waals surface area contributed by atoms with Crippen molar-refractivity contribution in [1.29, 1.82) is 0 Å². The van der Waals surface area contributed by atoms with Crippen molar-refractivity contribution in [3.8, 4) is 17.0 Å². The number of hydrogen-bond donors (Lipinski definition) is 2. The van der Waals surface area contributed by atoms with Gasteiger partial charge in [0, 0.05) is 24.6 Å². The van der Waals surface area contributed by atoms with Crippen LogP contribution >= 0.6 is 0 Å². The molecule has 0 aliphatic carbocycles. The lowest BCUT2D eigenvalue weighted by Crippen LogP contribution is -2.28. The van der Waals surface area contributed by atoms with Crippen LogP contribution in [0.3, 0.4) is 0 Å². The van der Waals surface area contributed by atoms with Crippen LogP contribution in [0.15, 0.2) is 24.3 Å². The second-order valence-electron chi connectivity index (χ2n) is 5.72. The van der Waals surface area contributed by atoms with Gasteiger partial charge in [-0.3, -0.25) is 9.69 Å². The van der Waals surface area contributed by atoms with Crippen molar-refractivity contribution in [3.05, 3.63) is 35.4 Å². The zero-order chi connectivity index (χ0) is 15.9. The number of nitrogens with zero attached hydrogens (tertiary/aromatic N) is 3. The lowest BCUT2D eigenvalue weighted by molar-refractivity contribution is -0.117. The van der Waals surface area contributed by atoms with Gasteiger partial charge >= 0.3 is 0 Å². The molecule has 1 aliphatic rings. The first-order valence-electron chi connectivity index (χ1n) is 7.16. The number of amides is 1. The summed E-state index contributed by atoms with van der Waals surface area (Å²) >= 11 is 0. The van der Waals surface area contributed by atoms with Crippen molar-refractivity contribution in [1.82, 2.24) is 10.2 Å². The van der Waals surface area contributed by atoms with Crippen LogP contribution in [0.1, 0.15) is 17.5 Å². The highest BCUT2D eigenvalue weighted by molar-refractivity contribution is 5.95. The molecule has 114 valence electrons. The van der Waals surface area contributed by atoms with Crippen molar-refractivity contribution in [2.45, 2.75) is 26.3 Å². The maximum absolute atomic E-state index is 11.8. The summed E-state index contributed by atoms with van der Waals surface area (Å²) < 4.78 is 0. The Kier molecular flexibility index (Phi) is 3.54. The molecule has 1 aromatic heterocycles. The van der Waals surface area contributed by atoms with Gasteiger partial charge in [0.05, 0.1) is 5.69 Å². The Labute approximate surface area is 128 Å². The molecule has 0 saturated carbocycles. The van der Waals surface area contributed by atoms with Gasteiger partial charge in [0.1, 0.15) is 5.75 Å². The van der Waals surface area contributed by atoms with Gasteiger partial charge in [-0.2, -0.15) is 0 Å². The van der Waals surface area contributed by atoms with Gasteiger partial charge in [-0.15, -0.1) is 10.2 Å². The molecular weight excluding hydrogens is 280 g/mol. The predicted molar refractivity (Wildman–Crippen MR) is 83.6 cm³/mol. The summed E-state index contributed by atoms with van der Waals surface area (Å²) in [4.78, 5) is 13.4. The average Bonchev–Trinajstić information content (AvgIpc) is 2.77. The minimum atomic E-state index is -0.155. The first kappa shape index (κ1) is 14.5. The number of carbonyl (C=O) groups is 1. The van der Waals surface area contributed by atoms with Crippen LogP contribution < -0.4 is 10.6 Å². The molecule has 2 aromatic rings. The molecule has 1 aliphatic heterocycles. The average molecular weight is 298 g/mol. The molecule has 6 nitrogen and oxygen atoms in total. The molecule has 2 heterocycles. The number of benzene rings is 1. The van der Waals surface area contributed by atoms with Gasteiger partial charge in [-0.1, -0.05) is 6.07 Å². The van der Waals surface area contributed by atoms with Gasteiger partial charge < -0.3 is 10.8 Å². The summed E-state index contributed by atoms with van der Waals surface area (Å²) in [5, 5.41) is 18.4. The Balaban J connectivity index is 1.94. The van der Waals surface area contributed by atoms with Gasteiger partial charge in [0.2, 0.25) is 5.91 Å². The number of carbonyl (C=O) groups excluding carboxylic acids is 1. The molecule has 1 aromatic carbocycles. The zero-order valence-electron chi connectivity index (χ0n) is 12.6. The van der Waals surface area contributed by atoms with Crippen LogP contribution in [0.25, 0.3) is 11.3 Å². The second kappa shape index (κ2) is 5.38. The summed E-state index contributed by atoms with van der Waals surface area (Å²) in [6.45, 7) is 4.30. The molecule has 0 unspecified atom stereocenters. The lowest BCUT2D eigenvalue weighted by atomic mass is 10.0. The highest BCUT2D eigenvalue weighted by Gasteiger charge is 2.29. The van der Waals surface area contributed by atoms with Crippen LogP contribution in [0.4, 0.5) is 5.82 Å². The number of aryl methyl sites for hydroxylation is 2. The molecule has 1 amide bonds. The topological polar surface area (TPSA) is 92.3 Å². The van der Waals surface area contributed by atoms with E-state index in [1.54, 1.807) is 23.1 Å². The van der Waals surface area contributed by atoms with E-state index in [1.807, 2.05) is 19.9 Å². The second-order valence-corrected chi connectivity index (χ2v) is 5.72. The molecule has 1 atom stereocenters. The summed E-state index contributed by atoms with van der Waals surface area (Å²) in [6.07, 6.45) is 0.335. The van der Waals surface area contributed by atoms with Crippen LogP contribution in [-0.2, 0) is 4.79 Å². The summed E-state index contributed by atoms with van der Waals surface area (Å²) in [6, 6.07) is 7.01. The Hall–Kier alpha value is -2.47. The SMILES string of the molecule is Cc1cc(C)c(-c2ccc(N3C[C@@H](N)CC3=O)nn2)c(O)c1. The fourth-order valence-electron chi connectivity index (χ4n) is 2.84. The number of phenolic OH excluding ortho intramolecular Hbond substituents is 1. The van der Waals surface area contributed by atoms with E-state index < -0.39 is 0 Å². The summed E-state index contributed by atoms with van der Waals surface area (Å²) in [5.74, 6) is 0.633. The van der Waals surface area contributed by atoms with Gasteiger partial charge in [0.15, 0.2) is 5.82 Å². The molecule has 1 fully saturated rings. The van der Waals surface area contributed by atoms with Gasteiger partial charge in [0.25, 0.3) is 0 Å². The van der Waals surface area contributed by atoms with E-state index in [9.17, 15) is 9.90 Å². The number of nitrogens with two attached hydrogens (primary N) is 1. The van der Waals surface area contributed by atoms with Crippen molar-refractivity contribution in [2.24, 2.45) is 5.73 Å². The third-order valence-corrected chi connectivity index (χ3v) is 3.80. The Morgan fingerprint density at radius 3 is 2.59 bits per heavy atom. The Bertz CT molecular complexity index is 704. The maximum Gasteiger partial charge on any atom is 0.229 e. The Morgan fingerprint density at radius 1 is 1.27 bits per heavy atom. The smallest absolute Gasteiger partial charge is 0.229 e. The first-order chi connectivity index (χ1) is 10.5. The fourth-order valence-corrected chi connectivity index (χ4v) is 2.84. The minimum Gasteiger partial charge on any atom is -0.507 e. The normalized spacial score (nSPS) is 18.0. The number of phenols is 1. The first-order valence-corrected chi connectivity index (χ1v) is 7.16. The molecule has 0 spiro atoms. The van der Waals surface area contributed by atoms with E-state index in [-0.39, 0.29) is 17.7 Å². The van der Waals surface area contributed by atoms with E-state index in [1.165, 1.54) is 0 Å². The van der Waals surface area contributed by atoms with E-state index in [0.717, 1.165) is 11.1 Å². The highest BCUT2D eigenvalue weighted by atomic mass is 16.3. The van der Waals surface area contributed by atoms with Crippen LogP contribution in [-0.4, -0.2) is 33.8 Å². The number of aromatic hydroxyl groups is 1. The number of anilines is 1. The molecule has 0 bridgehead atoms. The molecule has 1 saturated heterocycles. The van der Waals surface area contributed by atoms with E-state index in [4.69, 9.17) is 5.73 Å². The number of hydrogen-bond acceptors (Lipinski definition) is 5. The van der Waals surface area contributed by atoms with Crippen molar-refractivity contribution in [2.75, 3.05) is 11.4 Å². The third-order valence-electron chi connectivity index (χ3n) is 3.80. The lowest BCUT2D eigenvalue weighted by Gasteiger charge is -2.15. The van der Waals surface area contributed by atoms with Gasteiger partial charge in [-0.25, -0.2) is 0 Å². The Morgan fingerprint density at radius 2 is 2.05 bits per heavy atom. The summed E-state index contributed by atoms with van der Waals surface area (Å²) in [5.41, 5.74) is 8.94. The molecular formula is C16H18N4O2. The molecule has 6 heteroatoms. The van der Waals surface area contributed by atoms with E-state index in [0.29, 0.717) is 30.0 Å². The van der Waals surface area contributed by atoms with Crippen LogP contribution in [0.2, 0.25) is 0 Å². The fraction of sp³-hybridized carbons (Fsp3) is 0.312. The monoisotopic (exact) mass is 298 g/mol. The van der Waals surface area contributed by atoms with Crippen molar-refractivity contribution >= 4 is 11.7 Å². The highest BCUT2D eigenvalue weighted by Crippen LogP contribution is 2.32.